The van der Waals surface area contributed by atoms with Gasteiger partial charge >= 0.3 is 6.18 Å². The van der Waals surface area contributed by atoms with Gasteiger partial charge in [-0.15, -0.1) is 10.2 Å². The first-order valence-electron chi connectivity index (χ1n) is 9.28. The van der Waals surface area contributed by atoms with E-state index in [0.717, 1.165) is 35.2 Å². The van der Waals surface area contributed by atoms with Gasteiger partial charge in [-0.1, -0.05) is 35.2 Å². The normalized spacial score (nSPS) is 11.2. The molecule has 0 fully saturated rings. The lowest BCUT2D eigenvalue weighted by Gasteiger charge is -2.13. The van der Waals surface area contributed by atoms with Gasteiger partial charge in [0.25, 0.3) is 5.69 Å². The van der Waals surface area contributed by atoms with Gasteiger partial charge in [0, 0.05) is 12.1 Å². The number of rotatable bonds is 9. The summed E-state index contributed by atoms with van der Waals surface area (Å²) in [6.45, 7) is 2.34. The topological polar surface area (TPSA) is 119 Å². The molecular weight excluding hydrogens is 483 g/mol. The third kappa shape index (κ3) is 6.55. The largest absolute Gasteiger partial charge is 0.492 e. The van der Waals surface area contributed by atoms with E-state index >= 15 is 0 Å². The number of nitro groups is 1. The number of aromatic nitrogens is 2. The van der Waals surface area contributed by atoms with Crippen molar-refractivity contribution >= 4 is 51.2 Å². The molecule has 0 aliphatic heterocycles. The fraction of sp³-hybridized carbons (Fsp3) is 0.211. The Labute approximate surface area is 193 Å². The number of non-ortho nitro benzene ring substituents is 1. The second-order valence-electron chi connectivity index (χ2n) is 6.25. The molecule has 0 atom stereocenters. The summed E-state index contributed by atoms with van der Waals surface area (Å²) in [5, 5.41) is 24.4. The number of thioether (sulfide) groups is 1. The van der Waals surface area contributed by atoms with Crippen LogP contribution in [0.2, 0.25) is 0 Å². The molecule has 0 saturated carbocycles. The van der Waals surface area contributed by atoms with E-state index < -0.39 is 33.9 Å². The third-order valence-corrected chi connectivity index (χ3v) is 5.93. The van der Waals surface area contributed by atoms with Crippen LogP contribution in [0.15, 0.2) is 46.8 Å². The highest BCUT2D eigenvalue weighted by atomic mass is 32.2. The number of anilines is 3. The van der Waals surface area contributed by atoms with E-state index in [0.29, 0.717) is 33.6 Å². The average Bonchev–Trinajstić information content (AvgIpc) is 3.20. The molecule has 33 heavy (non-hydrogen) atoms. The minimum absolute atomic E-state index is 0.238. The van der Waals surface area contributed by atoms with E-state index in [1.807, 2.05) is 19.1 Å². The van der Waals surface area contributed by atoms with E-state index in [-0.39, 0.29) is 5.75 Å². The van der Waals surface area contributed by atoms with E-state index in [4.69, 9.17) is 4.74 Å². The Hall–Kier alpha value is -3.39. The quantitative estimate of drug-likeness (QED) is 0.230. The predicted molar refractivity (Wildman–Crippen MR) is 118 cm³/mol. The molecule has 1 heterocycles. The Morgan fingerprint density at radius 2 is 1.97 bits per heavy atom. The summed E-state index contributed by atoms with van der Waals surface area (Å²) in [5.74, 6) is -0.337. The van der Waals surface area contributed by atoms with Crippen LogP contribution in [0.25, 0.3) is 0 Å². The second-order valence-corrected chi connectivity index (χ2v) is 8.45. The van der Waals surface area contributed by atoms with Gasteiger partial charge in [0.15, 0.2) is 4.34 Å². The number of hydrogen-bond acceptors (Lipinski definition) is 9. The summed E-state index contributed by atoms with van der Waals surface area (Å²) in [5.41, 5.74) is -1.91. The monoisotopic (exact) mass is 499 g/mol. The van der Waals surface area contributed by atoms with Crippen LogP contribution in [0.3, 0.4) is 0 Å². The highest BCUT2D eigenvalue weighted by molar-refractivity contribution is 8.01. The van der Waals surface area contributed by atoms with Gasteiger partial charge < -0.3 is 15.4 Å². The van der Waals surface area contributed by atoms with E-state index in [1.165, 1.54) is 0 Å². The van der Waals surface area contributed by atoms with Crippen molar-refractivity contribution in [2.75, 3.05) is 23.0 Å². The predicted octanol–water partition coefficient (Wildman–Crippen LogP) is 5.34. The minimum atomic E-state index is -4.88. The maximum Gasteiger partial charge on any atom is 0.418 e. The zero-order valence-corrected chi connectivity index (χ0v) is 18.5. The highest BCUT2D eigenvalue weighted by Gasteiger charge is 2.35. The number of benzene rings is 2. The lowest BCUT2D eigenvalue weighted by Crippen LogP contribution is -2.18. The summed E-state index contributed by atoms with van der Waals surface area (Å²) in [6, 6.07) is 9.36. The number of alkyl halides is 3. The lowest BCUT2D eigenvalue weighted by molar-refractivity contribution is -0.385. The number of nitro benzene ring substituents is 1. The van der Waals surface area contributed by atoms with E-state index in [2.05, 4.69) is 20.8 Å². The van der Waals surface area contributed by atoms with Crippen molar-refractivity contribution in [1.82, 2.24) is 10.2 Å². The fourth-order valence-corrected chi connectivity index (χ4v) is 4.15. The minimum Gasteiger partial charge on any atom is -0.492 e. The molecule has 9 nitrogen and oxygen atoms in total. The van der Waals surface area contributed by atoms with Gasteiger partial charge in [-0.25, -0.2) is 0 Å². The Kier molecular flexibility index (Phi) is 7.71. The van der Waals surface area contributed by atoms with Crippen LogP contribution in [0.4, 0.5) is 35.4 Å². The summed E-state index contributed by atoms with van der Waals surface area (Å²) in [4.78, 5) is 22.0. The molecule has 1 amide bonds. The maximum atomic E-state index is 13.2. The van der Waals surface area contributed by atoms with Crippen molar-refractivity contribution < 1.29 is 27.6 Å². The van der Waals surface area contributed by atoms with Gasteiger partial charge in [0.05, 0.1) is 34.2 Å². The van der Waals surface area contributed by atoms with Crippen molar-refractivity contribution in [2.45, 2.75) is 17.4 Å². The first-order chi connectivity index (χ1) is 15.7. The van der Waals surface area contributed by atoms with Gasteiger partial charge in [0.2, 0.25) is 11.0 Å². The Morgan fingerprint density at radius 1 is 1.21 bits per heavy atom. The summed E-state index contributed by atoms with van der Waals surface area (Å²) in [6.07, 6.45) is -4.88. The molecular formula is C19H16F3N5O4S2. The number of carbonyl (C=O) groups excluding carboxylic acids is 1. The highest BCUT2D eigenvalue weighted by Crippen LogP contribution is 2.37. The van der Waals surface area contributed by atoms with Gasteiger partial charge in [-0.2, -0.15) is 13.2 Å². The van der Waals surface area contributed by atoms with Crippen LogP contribution in [0, 0.1) is 10.1 Å². The van der Waals surface area contributed by atoms with Crippen LogP contribution in [0.5, 0.6) is 5.75 Å². The molecule has 1 aromatic heterocycles. The number of para-hydroxylation sites is 2. The standard InChI is InChI=1S/C19H16F3N5O4S2/c1-2-31-15-6-4-3-5-14(15)24-17-25-26-18(33-17)32-10-16(28)23-13-8-7-11(27(29)30)9-12(13)19(20,21)22/h3-9H,2,10H2,1H3,(H,23,28)(H,24,25). The smallest absolute Gasteiger partial charge is 0.418 e. The Morgan fingerprint density at radius 3 is 2.67 bits per heavy atom. The van der Waals surface area contributed by atoms with Crippen molar-refractivity contribution in [3.63, 3.8) is 0 Å². The summed E-state index contributed by atoms with van der Waals surface area (Å²) >= 11 is 2.14. The zero-order valence-electron chi connectivity index (χ0n) is 16.9. The molecule has 14 heteroatoms. The molecule has 3 rings (SSSR count). The molecule has 0 unspecified atom stereocenters. The Bertz CT molecular complexity index is 1160. The number of amides is 1. The summed E-state index contributed by atoms with van der Waals surface area (Å²) in [7, 11) is 0. The number of nitrogens with zero attached hydrogens (tertiary/aromatic N) is 3. The number of halogens is 3. The number of carbonyl (C=O) groups is 1. The lowest BCUT2D eigenvalue weighted by atomic mass is 10.1. The van der Waals surface area contributed by atoms with Crippen LogP contribution in [0.1, 0.15) is 12.5 Å². The van der Waals surface area contributed by atoms with Crippen LogP contribution in [-0.4, -0.2) is 33.4 Å². The molecule has 0 spiro atoms. The van der Waals surface area contributed by atoms with E-state index in [1.54, 1.807) is 12.1 Å². The molecule has 3 aromatic rings. The van der Waals surface area contributed by atoms with Crippen molar-refractivity contribution in [3.8, 4) is 5.75 Å². The van der Waals surface area contributed by atoms with Gasteiger partial charge in [-0.3, -0.25) is 14.9 Å². The fourth-order valence-electron chi connectivity index (χ4n) is 2.59. The first kappa shape index (κ1) is 24.3. The van der Waals surface area contributed by atoms with Crippen LogP contribution >= 0.6 is 23.1 Å². The second kappa shape index (κ2) is 10.5. The van der Waals surface area contributed by atoms with Crippen LogP contribution in [-0.2, 0) is 11.0 Å². The van der Waals surface area contributed by atoms with E-state index in [9.17, 15) is 28.1 Å². The summed E-state index contributed by atoms with van der Waals surface area (Å²) < 4.78 is 45.7. The van der Waals surface area contributed by atoms with Crippen molar-refractivity contribution in [2.24, 2.45) is 0 Å². The molecule has 0 saturated heterocycles. The molecule has 0 bridgehead atoms. The SMILES string of the molecule is CCOc1ccccc1Nc1nnc(SCC(=O)Nc2ccc([N+](=O)[O-])cc2C(F)(F)F)s1. The van der Waals surface area contributed by atoms with Crippen molar-refractivity contribution in [3.05, 3.63) is 58.1 Å². The number of hydrogen-bond donors (Lipinski definition) is 2. The zero-order chi connectivity index (χ0) is 24.0. The average molecular weight is 499 g/mol. The van der Waals surface area contributed by atoms with Gasteiger partial charge in [0.1, 0.15) is 5.75 Å². The van der Waals surface area contributed by atoms with Crippen LogP contribution < -0.4 is 15.4 Å². The Balaban J connectivity index is 1.62. The molecule has 0 radical (unpaired) electrons. The van der Waals surface area contributed by atoms with Crippen molar-refractivity contribution in [1.29, 1.82) is 0 Å². The number of nitrogens with one attached hydrogen (secondary N) is 2. The first-order valence-corrected chi connectivity index (χ1v) is 11.1. The molecule has 2 N–H and O–H groups in total. The third-order valence-electron chi connectivity index (χ3n) is 3.96. The molecule has 2 aromatic carbocycles. The molecule has 0 aliphatic rings. The molecule has 174 valence electrons. The number of ether oxygens (including phenoxy) is 1. The maximum absolute atomic E-state index is 13.2. The van der Waals surface area contributed by atoms with Gasteiger partial charge in [-0.05, 0) is 25.1 Å². The molecule has 0 aliphatic carbocycles.